The highest BCUT2D eigenvalue weighted by atomic mass is 31.2. The predicted molar refractivity (Wildman–Crippen MR) is 82.0 cm³/mol. The van der Waals surface area contributed by atoms with Crippen LogP contribution in [-0.4, -0.2) is 17.7 Å². The topological polar surface area (TPSA) is 78.7 Å². The molecule has 0 radical (unpaired) electrons. The van der Waals surface area contributed by atoms with Crippen molar-refractivity contribution in [1.29, 1.82) is 0 Å². The predicted octanol–water partition coefficient (Wildman–Crippen LogP) is 4.78. The van der Waals surface area contributed by atoms with Crippen molar-refractivity contribution < 1.29 is 18.5 Å². The third-order valence-electron chi connectivity index (χ3n) is 2.86. The van der Waals surface area contributed by atoms with Gasteiger partial charge >= 0.3 is 7.60 Å². The summed E-state index contributed by atoms with van der Waals surface area (Å²) < 4.78 is 23.6. The minimum absolute atomic E-state index is 0.0300. The van der Waals surface area contributed by atoms with E-state index in [1.54, 1.807) is 0 Å². The van der Waals surface area contributed by atoms with E-state index in [1.165, 1.54) is 24.3 Å². The normalized spacial score (nSPS) is 13.6. The average molecular weight is 315 g/mol. The summed E-state index contributed by atoms with van der Waals surface area (Å²) in [6.45, 7) is 4.42. The number of rotatable bonds is 10. The second kappa shape index (κ2) is 8.80. The van der Waals surface area contributed by atoms with Gasteiger partial charge in [0, 0.05) is 12.1 Å². The van der Waals surface area contributed by atoms with Crippen LogP contribution in [0.25, 0.3) is 0 Å². The van der Waals surface area contributed by atoms with E-state index in [9.17, 15) is 14.7 Å². The molecule has 0 bridgehead atoms. The molecule has 0 aliphatic carbocycles. The molecule has 118 valence electrons. The van der Waals surface area contributed by atoms with Crippen molar-refractivity contribution in [2.24, 2.45) is 0 Å². The Morgan fingerprint density at radius 2 is 1.76 bits per heavy atom. The largest absolute Gasteiger partial charge is 0.424 e. The standard InChI is InChI=1S/C14H22NO5P/c1-3-5-11-19-21(18,12-6-4-2)20-14-9-7-13(8-10-14)15(16)17/h7-10H,3-6,11-12H2,1-2H3. The number of unbranched alkanes of at least 4 members (excludes halogenated alkanes) is 2. The van der Waals surface area contributed by atoms with Gasteiger partial charge in [0.25, 0.3) is 5.69 Å². The maximum absolute atomic E-state index is 12.7. The van der Waals surface area contributed by atoms with Crippen LogP contribution in [0.15, 0.2) is 24.3 Å². The van der Waals surface area contributed by atoms with Crippen LogP contribution in [0.3, 0.4) is 0 Å². The Balaban J connectivity index is 2.74. The van der Waals surface area contributed by atoms with Crippen LogP contribution in [0.4, 0.5) is 5.69 Å². The maximum atomic E-state index is 12.7. The molecule has 7 heteroatoms. The molecular formula is C14H22NO5P. The van der Waals surface area contributed by atoms with Gasteiger partial charge in [-0.3, -0.25) is 14.6 Å². The Hall–Kier alpha value is -1.39. The minimum atomic E-state index is -3.20. The van der Waals surface area contributed by atoms with Crippen LogP contribution in [0.5, 0.6) is 5.75 Å². The Labute approximate surface area is 125 Å². The highest BCUT2D eigenvalue weighted by Gasteiger charge is 2.25. The van der Waals surface area contributed by atoms with Gasteiger partial charge in [-0.15, -0.1) is 0 Å². The van der Waals surface area contributed by atoms with Crippen molar-refractivity contribution in [3.05, 3.63) is 34.4 Å². The lowest BCUT2D eigenvalue weighted by molar-refractivity contribution is -0.384. The second-order valence-electron chi connectivity index (χ2n) is 4.72. The van der Waals surface area contributed by atoms with Crippen molar-refractivity contribution in [3.8, 4) is 5.75 Å². The first-order valence-corrected chi connectivity index (χ1v) is 8.91. The van der Waals surface area contributed by atoms with E-state index < -0.39 is 12.5 Å². The zero-order valence-corrected chi connectivity index (χ0v) is 13.4. The fourth-order valence-electron chi connectivity index (χ4n) is 1.63. The molecular weight excluding hydrogens is 293 g/mol. The Bertz CT molecular complexity index is 489. The first-order chi connectivity index (χ1) is 10.0. The van der Waals surface area contributed by atoms with E-state index in [2.05, 4.69) is 0 Å². The summed E-state index contributed by atoms with van der Waals surface area (Å²) in [5, 5.41) is 10.6. The smallest absolute Gasteiger partial charge is 0.379 e. The lowest BCUT2D eigenvalue weighted by Gasteiger charge is -2.19. The molecule has 0 aliphatic heterocycles. The summed E-state index contributed by atoms with van der Waals surface area (Å²) >= 11 is 0. The quantitative estimate of drug-likeness (QED) is 0.268. The second-order valence-corrected chi connectivity index (χ2v) is 6.83. The van der Waals surface area contributed by atoms with Crippen LogP contribution in [-0.2, 0) is 9.09 Å². The first-order valence-electron chi connectivity index (χ1n) is 7.18. The first kappa shape index (κ1) is 17.7. The van der Waals surface area contributed by atoms with Gasteiger partial charge in [-0.05, 0) is 25.0 Å². The van der Waals surface area contributed by atoms with E-state index in [0.29, 0.717) is 18.5 Å². The summed E-state index contributed by atoms with van der Waals surface area (Å²) in [6, 6.07) is 5.54. The van der Waals surface area contributed by atoms with Crippen molar-refractivity contribution in [1.82, 2.24) is 0 Å². The molecule has 0 fully saturated rings. The fourth-order valence-corrected chi connectivity index (χ4v) is 3.45. The lowest BCUT2D eigenvalue weighted by Crippen LogP contribution is -2.04. The number of hydrogen-bond donors (Lipinski definition) is 0. The molecule has 0 saturated heterocycles. The Morgan fingerprint density at radius 3 is 2.29 bits per heavy atom. The van der Waals surface area contributed by atoms with Gasteiger partial charge < -0.3 is 4.52 Å². The molecule has 1 unspecified atom stereocenters. The molecule has 0 saturated carbocycles. The van der Waals surface area contributed by atoms with E-state index in [4.69, 9.17) is 9.05 Å². The Morgan fingerprint density at radius 1 is 1.14 bits per heavy atom. The number of non-ortho nitro benzene ring substituents is 1. The van der Waals surface area contributed by atoms with Gasteiger partial charge in [0.1, 0.15) is 5.75 Å². The molecule has 1 aromatic carbocycles. The molecule has 0 aliphatic rings. The van der Waals surface area contributed by atoms with Crippen LogP contribution in [0, 0.1) is 10.1 Å². The van der Waals surface area contributed by atoms with Crippen molar-refractivity contribution in [2.45, 2.75) is 39.5 Å². The van der Waals surface area contributed by atoms with Crippen LogP contribution in [0.2, 0.25) is 0 Å². The number of hydrogen-bond acceptors (Lipinski definition) is 5. The third kappa shape index (κ3) is 6.27. The van der Waals surface area contributed by atoms with Crippen molar-refractivity contribution >= 4 is 13.3 Å². The monoisotopic (exact) mass is 315 g/mol. The SMILES string of the molecule is CCCCOP(=O)(CCCC)Oc1ccc([N+](=O)[O-])cc1. The lowest BCUT2D eigenvalue weighted by atomic mass is 10.3. The number of benzene rings is 1. The molecule has 0 spiro atoms. The molecule has 21 heavy (non-hydrogen) atoms. The van der Waals surface area contributed by atoms with Crippen molar-refractivity contribution in [3.63, 3.8) is 0 Å². The van der Waals surface area contributed by atoms with Gasteiger partial charge in [0.15, 0.2) is 0 Å². The summed E-state index contributed by atoms with van der Waals surface area (Å²) in [6.07, 6.45) is 3.76. The van der Waals surface area contributed by atoms with Gasteiger partial charge in [0.05, 0.1) is 17.7 Å². The van der Waals surface area contributed by atoms with Gasteiger partial charge in [0.2, 0.25) is 0 Å². The maximum Gasteiger partial charge on any atom is 0.379 e. The van der Waals surface area contributed by atoms with Crippen molar-refractivity contribution in [2.75, 3.05) is 12.8 Å². The molecule has 0 heterocycles. The average Bonchev–Trinajstić information content (AvgIpc) is 2.46. The molecule has 0 amide bonds. The van der Waals surface area contributed by atoms with E-state index >= 15 is 0 Å². The van der Waals surface area contributed by atoms with Crippen LogP contribution in [0.1, 0.15) is 39.5 Å². The fraction of sp³-hybridized carbons (Fsp3) is 0.571. The van der Waals surface area contributed by atoms with E-state index in [-0.39, 0.29) is 5.69 Å². The molecule has 0 aromatic heterocycles. The summed E-state index contributed by atoms with van der Waals surface area (Å²) in [7, 11) is -3.20. The van der Waals surface area contributed by atoms with Gasteiger partial charge in [-0.25, -0.2) is 4.57 Å². The van der Waals surface area contributed by atoms with Crippen LogP contribution < -0.4 is 4.52 Å². The number of nitro groups is 1. The highest BCUT2D eigenvalue weighted by Crippen LogP contribution is 2.49. The number of nitrogens with zero attached hydrogens (tertiary/aromatic N) is 1. The van der Waals surface area contributed by atoms with Gasteiger partial charge in [-0.2, -0.15) is 0 Å². The zero-order chi connectivity index (χ0) is 15.7. The summed E-state index contributed by atoms with van der Waals surface area (Å²) in [5.41, 5.74) is -0.0300. The van der Waals surface area contributed by atoms with Gasteiger partial charge in [-0.1, -0.05) is 26.7 Å². The zero-order valence-electron chi connectivity index (χ0n) is 12.5. The molecule has 0 N–H and O–H groups in total. The van der Waals surface area contributed by atoms with Crippen LogP contribution >= 0.6 is 7.60 Å². The van der Waals surface area contributed by atoms with E-state index in [1.807, 2.05) is 13.8 Å². The summed E-state index contributed by atoms with van der Waals surface area (Å²) in [5.74, 6) is 0.330. The van der Waals surface area contributed by atoms with E-state index in [0.717, 1.165) is 25.7 Å². The number of nitro benzene ring substituents is 1. The highest BCUT2D eigenvalue weighted by molar-refractivity contribution is 7.54. The summed E-state index contributed by atoms with van der Waals surface area (Å²) in [4.78, 5) is 10.1. The molecule has 1 aromatic rings. The molecule has 1 rings (SSSR count). The minimum Gasteiger partial charge on any atom is -0.424 e. The molecule has 6 nitrogen and oxygen atoms in total. The Kier molecular flexibility index (Phi) is 7.40. The third-order valence-corrected chi connectivity index (χ3v) is 4.79. The molecule has 1 atom stereocenters.